The molecule has 0 rings (SSSR count). The maximum atomic E-state index is 10.5. The van der Waals surface area contributed by atoms with Crippen molar-refractivity contribution in [3.05, 3.63) is 0 Å². The molecule has 0 fully saturated rings. The number of aliphatic hydroxyl groups excluding tert-OH is 2. The van der Waals surface area contributed by atoms with Crippen molar-refractivity contribution in [1.29, 1.82) is 0 Å². The summed E-state index contributed by atoms with van der Waals surface area (Å²) in [6, 6.07) is 0. The molecule has 0 saturated carbocycles. The van der Waals surface area contributed by atoms with Crippen molar-refractivity contribution in [3.8, 4) is 0 Å². The van der Waals surface area contributed by atoms with Crippen LogP contribution >= 0.6 is 0 Å². The third kappa shape index (κ3) is 1.79. The van der Waals surface area contributed by atoms with Crippen LogP contribution in [-0.4, -0.2) is 50.5 Å². The van der Waals surface area contributed by atoms with Gasteiger partial charge >= 0.3 is 5.97 Å². The van der Waals surface area contributed by atoms with Crippen molar-refractivity contribution in [3.63, 3.8) is 0 Å². The van der Waals surface area contributed by atoms with Gasteiger partial charge in [0.05, 0.1) is 6.61 Å². The van der Waals surface area contributed by atoms with E-state index in [0.29, 0.717) is 0 Å². The molecule has 0 saturated heterocycles. The highest BCUT2D eigenvalue weighted by molar-refractivity contribution is 5.90. The number of carbonyl (C=O) groups excluding carboxylic acids is 1. The Morgan fingerprint density at radius 2 is 1.92 bits per heavy atom. The Morgan fingerprint density at radius 3 is 2.00 bits per heavy atom. The van der Waals surface area contributed by atoms with E-state index in [1.807, 2.05) is 0 Å². The zero-order chi connectivity index (χ0) is 9.94. The predicted molar refractivity (Wildman–Crippen MR) is 36.4 cm³/mol. The molecule has 0 aliphatic heterocycles. The summed E-state index contributed by atoms with van der Waals surface area (Å²) in [7, 11) is 0. The highest BCUT2D eigenvalue weighted by Gasteiger charge is 2.45. The van der Waals surface area contributed by atoms with Crippen LogP contribution in [0.4, 0.5) is 0 Å². The van der Waals surface area contributed by atoms with Crippen LogP contribution in [0.25, 0.3) is 0 Å². The highest BCUT2D eigenvalue weighted by atomic mass is 16.4. The minimum absolute atomic E-state index is 0.911. The summed E-state index contributed by atoms with van der Waals surface area (Å²) >= 11 is 0. The van der Waals surface area contributed by atoms with Crippen LogP contribution in [0.5, 0.6) is 0 Å². The van der Waals surface area contributed by atoms with Crippen LogP contribution in [-0.2, 0) is 9.59 Å². The molecule has 4 N–H and O–H groups in total. The van der Waals surface area contributed by atoms with Gasteiger partial charge in [-0.25, -0.2) is 4.79 Å². The lowest BCUT2D eigenvalue weighted by atomic mass is 9.95. The van der Waals surface area contributed by atoms with Gasteiger partial charge in [0.25, 0.3) is 0 Å². The Bertz CT molecular complexity index is 200. The Labute approximate surface area is 68.1 Å². The first-order valence-electron chi connectivity index (χ1n) is 3.11. The van der Waals surface area contributed by atoms with E-state index in [9.17, 15) is 9.59 Å². The average molecular weight is 178 g/mol. The number of hydrogen-bond donors (Lipinski definition) is 4. The SMILES string of the molecule is CC(=O)C(O)C(O)(CO)C(=O)O. The molecule has 0 amide bonds. The zero-order valence-corrected chi connectivity index (χ0v) is 6.39. The summed E-state index contributed by atoms with van der Waals surface area (Å²) in [5.41, 5.74) is -2.80. The van der Waals surface area contributed by atoms with Crippen molar-refractivity contribution < 1.29 is 30.0 Å². The number of carboxylic acids is 1. The van der Waals surface area contributed by atoms with Crippen LogP contribution in [0.15, 0.2) is 0 Å². The largest absolute Gasteiger partial charge is 0.479 e. The first-order valence-corrected chi connectivity index (χ1v) is 3.11. The van der Waals surface area contributed by atoms with Gasteiger partial charge < -0.3 is 20.4 Å². The summed E-state index contributed by atoms with van der Waals surface area (Å²) in [5, 5.41) is 34.7. The molecule has 2 atom stereocenters. The lowest BCUT2D eigenvalue weighted by Gasteiger charge is -2.24. The van der Waals surface area contributed by atoms with Crippen LogP contribution in [0.3, 0.4) is 0 Å². The molecular formula is C6H10O6. The summed E-state index contributed by atoms with van der Waals surface area (Å²) in [6.07, 6.45) is -2.11. The van der Waals surface area contributed by atoms with E-state index < -0.39 is 30.1 Å². The summed E-state index contributed by atoms with van der Waals surface area (Å²) < 4.78 is 0. The highest BCUT2D eigenvalue weighted by Crippen LogP contribution is 2.11. The summed E-state index contributed by atoms with van der Waals surface area (Å²) in [6.45, 7) is -0.308. The molecule has 0 heterocycles. The molecule has 6 nitrogen and oxygen atoms in total. The van der Waals surface area contributed by atoms with E-state index in [4.69, 9.17) is 20.4 Å². The van der Waals surface area contributed by atoms with E-state index >= 15 is 0 Å². The average Bonchev–Trinajstić information content (AvgIpc) is 2.01. The molecule has 0 aromatic heterocycles. The van der Waals surface area contributed by atoms with Crippen LogP contribution < -0.4 is 0 Å². The third-order valence-electron chi connectivity index (χ3n) is 1.45. The predicted octanol–water partition coefficient (Wildman–Crippen LogP) is -2.26. The lowest BCUT2D eigenvalue weighted by molar-refractivity contribution is -0.181. The molecule has 2 unspecified atom stereocenters. The van der Waals surface area contributed by atoms with E-state index in [1.165, 1.54) is 0 Å². The van der Waals surface area contributed by atoms with Gasteiger partial charge in [-0.05, 0) is 6.92 Å². The number of rotatable bonds is 4. The molecule has 0 radical (unpaired) electrons. The van der Waals surface area contributed by atoms with Gasteiger partial charge in [0.2, 0.25) is 5.60 Å². The molecule has 0 aliphatic carbocycles. The van der Waals surface area contributed by atoms with Crippen molar-refractivity contribution in [2.75, 3.05) is 6.61 Å². The van der Waals surface area contributed by atoms with Gasteiger partial charge in [-0.1, -0.05) is 0 Å². The Kier molecular flexibility index (Phi) is 3.32. The second kappa shape index (κ2) is 3.61. The maximum absolute atomic E-state index is 10.5. The second-order valence-electron chi connectivity index (χ2n) is 2.40. The number of Topliss-reactive ketones (excluding diaryl/α,β-unsaturated/α-hetero) is 1. The number of ketones is 1. The van der Waals surface area contributed by atoms with E-state index in [0.717, 1.165) is 6.92 Å². The normalized spacial score (nSPS) is 18.0. The number of aliphatic carboxylic acids is 1. The smallest absolute Gasteiger partial charge is 0.341 e. The number of aliphatic hydroxyl groups is 3. The maximum Gasteiger partial charge on any atom is 0.341 e. The van der Waals surface area contributed by atoms with Gasteiger partial charge in [0.15, 0.2) is 11.9 Å². The molecule has 6 heteroatoms. The third-order valence-corrected chi connectivity index (χ3v) is 1.45. The first kappa shape index (κ1) is 11.0. The fourth-order valence-corrected chi connectivity index (χ4v) is 0.607. The van der Waals surface area contributed by atoms with E-state index in [-0.39, 0.29) is 0 Å². The molecule has 0 bridgehead atoms. The minimum Gasteiger partial charge on any atom is -0.479 e. The number of carbonyl (C=O) groups is 2. The fourth-order valence-electron chi connectivity index (χ4n) is 0.607. The van der Waals surface area contributed by atoms with Crippen molar-refractivity contribution in [1.82, 2.24) is 0 Å². The van der Waals surface area contributed by atoms with Gasteiger partial charge in [0.1, 0.15) is 0 Å². The number of hydrogen-bond acceptors (Lipinski definition) is 5. The van der Waals surface area contributed by atoms with Gasteiger partial charge in [-0.3, -0.25) is 4.79 Å². The first-order chi connectivity index (χ1) is 5.36. The van der Waals surface area contributed by atoms with Gasteiger partial charge in [-0.15, -0.1) is 0 Å². The zero-order valence-electron chi connectivity index (χ0n) is 6.39. The van der Waals surface area contributed by atoms with Crippen LogP contribution in [0.1, 0.15) is 6.92 Å². The summed E-state index contributed by atoms with van der Waals surface area (Å²) in [5.74, 6) is -2.76. The van der Waals surface area contributed by atoms with Crippen LogP contribution in [0, 0.1) is 0 Å². The molecule has 0 aromatic carbocycles. The minimum atomic E-state index is -2.80. The molecule has 70 valence electrons. The fraction of sp³-hybridized carbons (Fsp3) is 0.667. The monoisotopic (exact) mass is 178 g/mol. The van der Waals surface area contributed by atoms with E-state index in [2.05, 4.69) is 0 Å². The topological polar surface area (TPSA) is 115 Å². The molecule has 0 spiro atoms. The van der Waals surface area contributed by atoms with Gasteiger partial charge in [-0.2, -0.15) is 0 Å². The Morgan fingerprint density at radius 1 is 1.50 bits per heavy atom. The molecule has 0 aliphatic rings. The standard InChI is InChI=1S/C6H10O6/c1-3(8)4(9)6(12,2-7)5(10)11/h4,7,9,12H,2H2,1H3,(H,10,11). The Hall–Kier alpha value is -0.980. The van der Waals surface area contributed by atoms with E-state index in [1.54, 1.807) is 0 Å². The molecule has 12 heavy (non-hydrogen) atoms. The Balaban J connectivity index is 4.75. The number of carboxylic acid groups (broad SMARTS) is 1. The van der Waals surface area contributed by atoms with Crippen molar-refractivity contribution in [2.45, 2.75) is 18.6 Å². The quantitative estimate of drug-likeness (QED) is 0.386. The second-order valence-corrected chi connectivity index (χ2v) is 2.40. The molecule has 0 aromatic rings. The van der Waals surface area contributed by atoms with Crippen molar-refractivity contribution >= 4 is 11.8 Å². The lowest BCUT2D eigenvalue weighted by Crippen LogP contribution is -2.55. The molecular weight excluding hydrogens is 168 g/mol. The summed E-state index contributed by atoms with van der Waals surface area (Å²) in [4.78, 5) is 20.7. The van der Waals surface area contributed by atoms with Crippen LogP contribution in [0.2, 0.25) is 0 Å². The van der Waals surface area contributed by atoms with Crippen molar-refractivity contribution in [2.24, 2.45) is 0 Å². The van der Waals surface area contributed by atoms with Gasteiger partial charge in [0, 0.05) is 0 Å².